The maximum atomic E-state index is 11.8. The fourth-order valence-electron chi connectivity index (χ4n) is 1.46. The van der Waals surface area contributed by atoms with Crippen LogP contribution in [0.15, 0.2) is 18.2 Å². The minimum atomic E-state index is -0.179. The Morgan fingerprint density at radius 3 is 2.59 bits per heavy atom. The second-order valence-corrected chi connectivity index (χ2v) is 3.55. The molecule has 17 heavy (non-hydrogen) atoms. The lowest BCUT2D eigenvalue weighted by Gasteiger charge is -2.10. The van der Waals surface area contributed by atoms with E-state index in [0.717, 1.165) is 0 Å². The summed E-state index contributed by atoms with van der Waals surface area (Å²) < 4.78 is 5.11. The molecule has 0 spiro atoms. The molecule has 1 aromatic carbocycles. The Labute approximate surface area is 100 Å². The molecule has 5 nitrogen and oxygen atoms in total. The van der Waals surface area contributed by atoms with Gasteiger partial charge >= 0.3 is 0 Å². The van der Waals surface area contributed by atoms with Crippen molar-refractivity contribution in [3.8, 4) is 5.75 Å². The van der Waals surface area contributed by atoms with Gasteiger partial charge in [0.05, 0.1) is 19.2 Å². The first-order chi connectivity index (χ1) is 8.08. The summed E-state index contributed by atoms with van der Waals surface area (Å²) in [7, 11) is 3.20. The van der Waals surface area contributed by atoms with Crippen LogP contribution in [0.1, 0.15) is 17.3 Å². The Bertz CT molecular complexity index is 430. The van der Waals surface area contributed by atoms with E-state index < -0.39 is 0 Å². The molecule has 0 radical (unpaired) electrons. The number of ether oxygens (including phenoxy) is 1. The lowest BCUT2D eigenvalue weighted by molar-refractivity contribution is -0.114. The van der Waals surface area contributed by atoms with Gasteiger partial charge in [-0.15, -0.1) is 0 Å². The van der Waals surface area contributed by atoms with E-state index in [1.807, 2.05) is 0 Å². The van der Waals surface area contributed by atoms with Gasteiger partial charge in [-0.3, -0.25) is 9.59 Å². The van der Waals surface area contributed by atoms with Crippen LogP contribution >= 0.6 is 0 Å². The van der Waals surface area contributed by atoms with E-state index in [2.05, 4.69) is 10.6 Å². The Morgan fingerprint density at radius 2 is 2.06 bits per heavy atom. The third-order valence-electron chi connectivity index (χ3n) is 2.16. The number of hydrogen-bond acceptors (Lipinski definition) is 4. The van der Waals surface area contributed by atoms with Gasteiger partial charge in [0.15, 0.2) is 5.78 Å². The predicted octanol–water partition coefficient (Wildman–Crippen LogP) is 1.06. The molecule has 0 aliphatic carbocycles. The van der Waals surface area contributed by atoms with Crippen LogP contribution in [-0.4, -0.2) is 32.4 Å². The molecule has 1 aromatic rings. The Kier molecular flexibility index (Phi) is 4.66. The van der Waals surface area contributed by atoms with E-state index in [1.165, 1.54) is 14.0 Å². The lowest BCUT2D eigenvalue weighted by Crippen LogP contribution is -2.19. The highest BCUT2D eigenvalue weighted by Gasteiger charge is 2.12. The molecular weight excluding hydrogens is 220 g/mol. The van der Waals surface area contributed by atoms with Gasteiger partial charge in [-0.25, -0.2) is 0 Å². The smallest absolute Gasteiger partial charge is 0.221 e. The third-order valence-corrected chi connectivity index (χ3v) is 2.16. The highest BCUT2D eigenvalue weighted by Crippen LogP contribution is 2.23. The fraction of sp³-hybridized carbons (Fsp3) is 0.333. The van der Waals surface area contributed by atoms with Gasteiger partial charge in [-0.1, -0.05) is 0 Å². The third kappa shape index (κ3) is 3.57. The summed E-state index contributed by atoms with van der Waals surface area (Å²) in [5.74, 6) is 0.234. The summed E-state index contributed by atoms with van der Waals surface area (Å²) in [4.78, 5) is 22.7. The molecule has 0 saturated heterocycles. The number of nitrogens with one attached hydrogen (secondary N) is 2. The topological polar surface area (TPSA) is 67.4 Å². The van der Waals surface area contributed by atoms with Crippen molar-refractivity contribution in [2.24, 2.45) is 0 Å². The van der Waals surface area contributed by atoms with Crippen molar-refractivity contribution < 1.29 is 14.3 Å². The van der Waals surface area contributed by atoms with Crippen molar-refractivity contribution in [3.63, 3.8) is 0 Å². The summed E-state index contributed by atoms with van der Waals surface area (Å²) in [6, 6.07) is 4.96. The van der Waals surface area contributed by atoms with Crippen LogP contribution in [0.5, 0.6) is 5.75 Å². The molecule has 5 heteroatoms. The zero-order chi connectivity index (χ0) is 12.8. The number of rotatable bonds is 5. The maximum absolute atomic E-state index is 11.8. The van der Waals surface area contributed by atoms with Crippen molar-refractivity contribution >= 4 is 17.4 Å². The van der Waals surface area contributed by atoms with Gasteiger partial charge in [0.1, 0.15) is 5.75 Å². The molecule has 0 aliphatic heterocycles. The van der Waals surface area contributed by atoms with E-state index in [-0.39, 0.29) is 18.2 Å². The minimum Gasteiger partial charge on any atom is -0.496 e. The van der Waals surface area contributed by atoms with Crippen LogP contribution in [0.3, 0.4) is 0 Å². The number of amides is 1. The number of Topliss-reactive ketones (excluding diaryl/α,β-unsaturated/α-hetero) is 1. The molecule has 0 fully saturated rings. The van der Waals surface area contributed by atoms with E-state index >= 15 is 0 Å². The van der Waals surface area contributed by atoms with Crippen LogP contribution in [0.25, 0.3) is 0 Å². The van der Waals surface area contributed by atoms with Crippen LogP contribution in [0.4, 0.5) is 5.69 Å². The summed E-state index contributed by atoms with van der Waals surface area (Å²) in [5, 5.41) is 5.41. The molecule has 2 N–H and O–H groups in total. The number of benzene rings is 1. The van der Waals surface area contributed by atoms with Gasteiger partial charge < -0.3 is 15.4 Å². The first-order valence-electron chi connectivity index (χ1n) is 5.22. The van der Waals surface area contributed by atoms with Gasteiger partial charge in [0.25, 0.3) is 0 Å². The normalized spacial score (nSPS) is 9.82. The Morgan fingerprint density at radius 1 is 1.35 bits per heavy atom. The number of methoxy groups -OCH3 is 1. The number of likely N-dealkylation sites (N-methyl/N-ethyl adjacent to an activating group) is 1. The molecule has 0 aliphatic rings. The van der Waals surface area contributed by atoms with Crippen LogP contribution in [0, 0.1) is 0 Å². The Hall–Kier alpha value is -1.88. The highest BCUT2D eigenvalue weighted by molar-refractivity contribution is 6.01. The van der Waals surface area contributed by atoms with Gasteiger partial charge in [0, 0.05) is 12.6 Å². The summed E-state index contributed by atoms with van der Waals surface area (Å²) >= 11 is 0. The minimum absolute atomic E-state index is 0.0865. The second-order valence-electron chi connectivity index (χ2n) is 3.55. The molecule has 0 atom stereocenters. The van der Waals surface area contributed by atoms with Crippen LogP contribution < -0.4 is 15.4 Å². The average Bonchev–Trinajstić information content (AvgIpc) is 2.28. The molecule has 92 valence electrons. The van der Waals surface area contributed by atoms with Gasteiger partial charge in [-0.05, 0) is 25.2 Å². The van der Waals surface area contributed by atoms with E-state index in [4.69, 9.17) is 4.74 Å². The number of ketones is 1. The van der Waals surface area contributed by atoms with E-state index in [0.29, 0.717) is 17.0 Å². The van der Waals surface area contributed by atoms with Gasteiger partial charge in [0.2, 0.25) is 5.91 Å². The summed E-state index contributed by atoms with van der Waals surface area (Å²) in [6.45, 7) is 1.64. The van der Waals surface area contributed by atoms with E-state index in [9.17, 15) is 9.59 Å². The molecule has 1 amide bonds. The van der Waals surface area contributed by atoms with Crippen molar-refractivity contribution in [2.75, 3.05) is 26.0 Å². The molecule has 0 aromatic heterocycles. The highest BCUT2D eigenvalue weighted by atomic mass is 16.5. The molecular formula is C12H16N2O3. The monoisotopic (exact) mass is 236 g/mol. The average molecular weight is 236 g/mol. The van der Waals surface area contributed by atoms with Crippen molar-refractivity contribution in [2.45, 2.75) is 6.92 Å². The van der Waals surface area contributed by atoms with Crippen molar-refractivity contribution in [3.05, 3.63) is 23.8 Å². The molecule has 0 bridgehead atoms. The first-order valence-corrected chi connectivity index (χ1v) is 5.22. The number of hydrogen-bond donors (Lipinski definition) is 2. The van der Waals surface area contributed by atoms with Gasteiger partial charge in [-0.2, -0.15) is 0 Å². The number of carbonyl (C=O) groups excluding carboxylic acids is 2. The van der Waals surface area contributed by atoms with Crippen LogP contribution in [-0.2, 0) is 4.79 Å². The number of anilines is 1. The standard InChI is InChI=1S/C12H16N2O3/c1-8(15)14-9-4-5-12(17-3)10(6-9)11(16)7-13-2/h4-6,13H,7H2,1-3H3,(H,14,15). The quantitative estimate of drug-likeness (QED) is 0.750. The Balaban J connectivity index is 3.05. The summed E-state index contributed by atoms with van der Waals surface area (Å²) in [6.07, 6.45) is 0. The molecule has 0 heterocycles. The molecule has 0 saturated carbocycles. The molecule has 0 unspecified atom stereocenters. The largest absolute Gasteiger partial charge is 0.496 e. The van der Waals surface area contributed by atoms with Crippen LogP contribution in [0.2, 0.25) is 0 Å². The second kappa shape index (κ2) is 6.00. The van der Waals surface area contributed by atoms with E-state index in [1.54, 1.807) is 25.2 Å². The zero-order valence-electron chi connectivity index (χ0n) is 10.2. The molecule has 1 rings (SSSR count). The SMILES string of the molecule is CNCC(=O)c1cc(NC(C)=O)ccc1OC. The zero-order valence-corrected chi connectivity index (χ0v) is 10.2. The number of carbonyl (C=O) groups is 2. The van der Waals surface area contributed by atoms with Crippen molar-refractivity contribution in [1.29, 1.82) is 0 Å². The fourth-order valence-corrected chi connectivity index (χ4v) is 1.46. The first kappa shape index (κ1) is 13.2. The van der Waals surface area contributed by atoms with Crippen molar-refractivity contribution in [1.82, 2.24) is 5.32 Å². The summed E-state index contributed by atoms with van der Waals surface area (Å²) in [5.41, 5.74) is 1.03. The maximum Gasteiger partial charge on any atom is 0.221 e. The lowest BCUT2D eigenvalue weighted by atomic mass is 10.1. The predicted molar refractivity (Wildman–Crippen MR) is 65.6 cm³/mol.